The van der Waals surface area contributed by atoms with E-state index in [1.54, 1.807) is 12.1 Å². The molecule has 1 aromatic heterocycles. The number of rotatable bonds is 8. The first-order valence-corrected chi connectivity index (χ1v) is 6.21. The Morgan fingerprint density at radius 2 is 2.26 bits per heavy atom. The predicted octanol–water partition coefficient (Wildman–Crippen LogP) is 2.36. The molecule has 0 fully saturated rings. The van der Waals surface area contributed by atoms with Crippen LogP contribution in [0.5, 0.6) is 0 Å². The average Bonchev–Trinajstić information content (AvgIpc) is 2.89. The molecular formula is C14H20O5. The maximum absolute atomic E-state index is 11.2. The van der Waals surface area contributed by atoms with E-state index < -0.39 is 12.1 Å². The zero-order chi connectivity index (χ0) is 14.3. The van der Waals surface area contributed by atoms with E-state index in [1.165, 1.54) is 7.11 Å². The Bertz CT molecular complexity index is 421. The molecular weight excluding hydrogens is 248 g/mol. The summed E-state index contributed by atoms with van der Waals surface area (Å²) in [6, 6.07) is 3.30. The van der Waals surface area contributed by atoms with Crippen LogP contribution in [0.15, 0.2) is 28.7 Å². The van der Waals surface area contributed by atoms with Crippen molar-refractivity contribution in [1.82, 2.24) is 0 Å². The fourth-order valence-electron chi connectivity index (χ4n) is 1.45. The third kappa shape index (κ3) is 4.54. The highest BCUT2D eigenvalue weighted by atomic mass is 16.5. The zero-order valence-corrected chi connectivity index (χ0v) is 11.3. The molecule has 5 nitrogen and oxygen atoms in total. The van der Waals surface area contributed by atoms with E-state index in [4.69, 9.17) is 9.15 Å². The van der Waals surface area contributed by atoms with Crippen molar-refractivity contribution in [3.63, 3.8) is 0 Å². The van der Waals surface area contributed by atoms with Gasteiger partial charge in [-0.05, 0) is 18.6 Å². The number of hydrogen-bond acceptors (Lipinski definition) is 5. The molecule has 19 heavy (non-hydrogen) atoms. The van der Waals surface area contributed by atoms with Gasteiger partial charge in [0.1, 0.15) is 24.2 Å². The van der Waals surface area contributed by atoms with Gasteiger partial charge in [-0.1, -0.05) is 19.9 Å². The Labute approximate surface area is 112 Å². The molecule has 0 aliphatic rings. The maximum atomic E-state index is 11.2. The number of carbonyl (C=O) groups excluding carboxylic acids is 1. The van der Waals surface area contributed by atoms with Crippen LogP contribution < -0.4 is 0 Å². The van der Waals surface area contributed by atoms with Crippen molar-refractivity contribution in [2.75, 3.05) is 13.7 Å². The summed E-state index contributed by atoms with van der Waals surface area (Å²) in [6.45, 7) is 6.58. The monoisotopic (exact) mass is 268 g/mol. The molecule has 0 radical (unpaired) electrons. The van der Waals surface area contributed by atoms with Crippen molar-refractivity contribution in [3.05, 3.63) is 35.8 Å². The van der Waals surface area contributed by atoms with Crippen LogP contribution >= 0.6 is 0 Å². The van der Waals surface area contributed by atoms with Crippen LogP contribution in [0.4, 0.5) is 0 Å². The van der Waals surface area contributed by atoms with E-state index in [2.05, 4.69) is 18.2 Å². The highest BCUT2D eigenvalue weighted by molar-refractivity contribution is 5.88. The summed E-state index contributed by atoms with van der Waals surface area (Å²) in [5, 5.41) is 9.88. The van der Waals surface area contributed by atoms with E-state index in [-0.39, 0.29) is 11.3 Å². The number of esters is 1. The topological polar surface area (TPSA) is 68.9 Å². The van der Waals surface area contributed by atoms with Gasteiger partial charge in [0.25, 0.3) is 0 Å². The smallest absolute Gasteiger partial charge is 0.336 e. The minimum absolute atomic E-state index is 0.0599. The van der Waals surface area contributed by atoms with Crippen LogP contribution in [-0.2, 0) is 20.9 Å². The third-order valence-electron chi connectivity index (χ3n) is 2.62. The van der Waals surface area contributed by atoms with E-state index in [0.717, 1.165) is 12.8 Å². The first-order chi connectivity index (χ1) is 9.10. The lowest BCUT2D eigenvalue weighted by Crippen LogP contribution is -2.11. The Hall–Kier alpha value is -1.59. The van der Waals surface area contributed by atoms with E-state index >= 15 is 0 Å². The average molecular weight is 268 g/mol. The minimum Gasteiger partial charge on any atom is -0.466 e. The first-order valence-electron chi connectivity index (χ1n) is 6.21. The van der Waals surface area contributed by atoms with E-state index in [0.29, 0.717) is 19.0 Å². The molecule has 1 atom stereocenters. The fourth-order valence-corrected chi connectivity index (χ4v) is 1.45. The SMILES string of the molecule is C=C(C(=O)OC)C(O)c1ccc(COCCCC)o1. The third-order valence-corrected chi connectivity index (χ3v) is 2.62. The molecule has 1 rings (SSSR count). The van der Waals surface area contributed by atoms with Gasteiger partial charge in [-0.25, -0.2) is 4.79 Å². The summed E-state index contributed by atoms with van der Waals surface area (Å²) in [4.78, 5) is 11.2. The molecule has 0 spiro atoms. The summed E-state index contributed by atoms with van der Waals surface area (Å²) >= 11 is 0. The van der Waals surface area contributed by atoms with Crippen LogP contribution in [0.25, 0.3) is 0 Å². The molecule has 1 unspecified atom stereocenters. The molecule has 0 saturated carbocycles. The second kappa shape index (κ2) is 7.76. The number of aliphatic hydroxyl groups excluding tert-OH is 1. The van der Waals surface area contributed by atoms with Crippen LogP contribution in [0.1, 0.15) is 37.4 Å². The van der Waals surface area contributed by atoms with E-state index in [1.807, 2.05) is 0 Å². The predicted molar refractivity (Wildman–Crippen MR) is 69.4 cm³/mol. The Balaban J connectivity index is 2.53. The first kappa shape index (κ1) is 15.5. The number of aliphatic hydroxyl groups is 1. The lowest BCUT2D eigenvalue weighted by molar-refractivity contribution is -0.137. The van der Waals surface area contributed by atoms with Gasteiger partial charge in [0.05, 0.1) is 12.7 Å². The summed E-state index contributed by atoms with van der Waals surface area (Å²) < 4.78 is 15.3. The van der Waals surface area contributed by atoms with Crippen molar-refractivity contribution in [1.29, 1.82) is 0 Å². The highest BCUT2D eigenvalue weighted by Gasteiger charge is 2.21. The second-order valence-corrected chi connectivity index (χ2v) is 4.13. The van der Waals surface area contributed by atoms with Crippen LogP contribution in [-0.4, -0.2) is 24.8 Å². The van der Waals surface area contributed by atoms with Crippen LogP contribution in [0, 0.1) is 0 Å². The summed E-state index contributed by atoms with van der Waals surface area (Å²) in [5.41, 5.74) is -0.0599. The molecule has 0 amide bonds. The van der Waals surface area contributed by atoms with Gasteiger partial charge in [-0.3, -0.25) is 0 Å². The highest BCUT2D eigenvalue weighted by Crippen LogP contribution is 2.23. The molecule has 1 N–H and O–H groups in total. The maximum Gasteiger partial charge on any atom is 0.336 e. The number of unbranched alkanes of at least 4 members (excludes halogenated alkanes) is 1. The quantitative estimate of drug-likeness (QED) is 0.445. The second-order valence-electron chi connectivity index (χ2n) is 4.13. The van der Waals surface area contributed by atoms with Gasteiger partial charge in [0, 0.05) is 6.61 Å². The number of hydrogen-bond donors (Lipinski definition) is 1. The Morgan fingerprint density at radius 3 is 2.89 bits per heavy atom. The van der Waals surface area contributed by atoms with Crippen molar-refractivity contribution < 1.29 is 23.8 Å². The lowest BCUT2D eigenvalue weighted by atomic mass is 10.1. The molecule has 0 aromatic carbocycles. The molecule has 0 bridgehead atoms. The summed E-state index contributed by atoms with van der Waals surface area (Å²) in [5.74, 6) is 0.192. The minimum atomic E-state index is -1.20. The van der Waals surface area contributed by atoms with Gasteiger partial charge in [0.15, 0.2) is 0 Å². The van der Waals surface area contributed by atoms with Gasteiger partial charge in [-0.2, -0.15) is 0 Å². The standard InChI is InChI=1S/C14H20O5/c1-4-5-8-18-9-11-6-7-12(19-11)13(15)10(2)14(16)17-3/h6-7,13,15H,2,4-5,8-9H2,1,3H3. The zero-order valence-electron chi connectivity index (χ0n) is 11.3. The molecule has 0 aliphatic carbocycles. The van der Waals surface area contributed by atoms with Gasteiger partial charge in [-0.15, -0.1) is 0 Å². The van der Waals surface area contributed by atoms with Crippen LogP contribution in [0.2, 0.25) is 0 Å². The molecule has 1 aromatic rings. The molecule has 5 heteroatoms. The summed E-state index contributed by atoms with van der Waals surface area (Å²) in [6.07, 6.45) is 0.869. The van der Waals surface area contributed by atoms with Gasteiger partial charge < -0.3 is 19.0 Å². The largest absolute Gasteiger partial charge is 0.466 e. The van der Waals surface area contributed by atoms with Crippen molar-refractivity contribution in [2.24, 2.45) is 0 Å². The van der Waals surface area contributed by atoms with Gasteiger partial charge >= 0.3 is 5.97 Å². The number of methoxy groups -OCH3 is 1. The molecule has 106 valence electrons. The molecule has 0 saturated heterocycles. The Morgan fingerprint density at radius 1 is 1.53 bits per heavy atom. The van der Waals surface area contributed by atoms with Gasteiger partial charge in [0.2, 0.25) is 0 Å². The Kier molecular flexibility index (Phi) is 6.32. The normalized spacial score (nSPS) is 12.2. The van der Waals surface area contributed by atoms with Crippen molar-refractivity contribution in [3.8, 4) is 0 Å². The lowest BCUT2D eigenvalue weighted by Gasteiger charge is -2.09. The molecule has 1 heterocycles. The molecule has 0 aliphatic heterocycles. The summed E-state index contributed by atoms with van der Waals surface area (Å²) in [7, 11) is 1.23. The fraction of sp³-hybridized carbons (Fsp3) is 0.500. The number of furan rings is 1. The van der Waals surface area contributed by atoms with Crippen molar-refractivity contribution >= 4 is 5.97 Å². The number of carbonyl (C=O) groups is 1. The van der Waals surface area contributed by atoms with Crippen LogP contribution in [0.3, 0.4) is 0 Å². The number of ether oxygens (including phenoxy) is 2. The van der Waals surface area contributed by atoms with Crippen molar-refractivity contribution in [2.45, 2.75) is 32.5 Å². The van der Waals surface area contributed by atoms with E-state index in [9.17, 15) is 9.90 Å².